The number of carboxylic acid groups (broad SMARTS) is 1. The van der Waals surface area contributed by atoms with E-state index in [1.54, 1.807) is 12.1 Å². The minimum atomic E-state index is -1.02. The molecule has 1 amide bonds. The van der Waals surface area contributed by atoms with Gasteiger partial charge in [-0.1, -0.05) is 18.9 Å². The molecule has 2 aliphatic rings. The summed E-state index contributed by atoms with van der Waals surface area (Å²) < 4.78 is 9.77. The molecule has 0 aromatic heterocycles. The Kier molecular flexibility index (Phi) is 5.81. The van der Waals surface area contributed by atoms with Crippen LogP contribution in [0.1, 0.15) is 49.1 Å². The fraction of sp³-hybridized carbons (Fsp3) is 0.474. The second-order valence-corrected chi connectivity index (χ2v) is 6.91. The van der Waals surface area contributed by atoms with Crippen LogP contribution in [0.4, 0.5) is 15.3 Å². The lowest BCUT2D eigenvalue weighted by molar-refractivity contribution is -0.385. The van der Waals surface area contributed by atoms with Gasteiger partial charge in [-0.2, -0.15) is 0 Å². The number of methoxy groups -OCH3 is 1. The van der Waals surface area contributed by atoms with Crippen LogP contribution in [-0.2, 0) is 4.74 Å². The number of nitrogens with zero attached hydrogens (tertiary/aromatic N) is 2. The standard InChI is InChI=1S/C19H22N2O7/c1-27-19(24)28-17-11-16(21(25)26)14(10-15(17)12-4-2-3-5-12)13-6-8-20(9-7-13)18(22)23/h6,10-12H,2-5,7-9H2,1H3,(H,22,23). The van der Waals surface area contributed by atoms with Crippen molar-refractivity contribution in [2.45, 2.75) is 38.0 Å². The summed E-state index contributed by atoms with van der Waals surface area (Å²) in [6.45, 7) is 0.457. The zero-order valence-electron chi connectivity index (χ0n) is 15.6. The van der Waals surface area contributed by atoms with E-state index in [9.17, 15) is 19.7 Å². The Morgan fingerprint density at radius 3 is 2.54 bits per heavy atom. The first-order chi connectivity index (χ1) is 13.4. The number of nitro groups is 1. The van der Waals surface area contributed by atoms with Gasteiger partial charge in [0.1, 0.15) is 5.75 Å². The monoisotopic (exact) mass is 390 g/mol. The van der Waals surface area contributed by atoms with Gasteiger partial charge in [0.05, 0.1) is 23.7 Å². The van der Waals surface area contributed by atoms with Crippen molar-refractivity contribution in [3.05, 3.63) is 39.4 Å². The van der Waals surface area contributed by atoms with Crippen molar-refractivity contribution in [1.29, 1.82) is 0 Å². The number of rotatable bonds is 4. The molecule has 1 heterocycles. The zero-order chi connectivity index (χ0) is 20.3. The second-order valence-electron chi connectivity index (χ2n) is 6.91. The molecular weight excluding hydrogens is 368 g/mol. The number of amides is 1. The first-order valence-corrected chi connectivity index (χ1v) is 9.16. The van der Waals surface area contributed by atoms with Crippen molar-refractivity contribution in [3.63, 3.8) is 0 Å². The first-order valence-electron chi connectivity index (χ1n) is 9.16. The van der Waals surface area contributed by atoms with Gasteiger partial charge in [0.15, 0.2) is 0 Å². The van der Waals surface area contributed by atoms with Crippen LogP contribution in [0, 0.1) is 10.1 Å². The van der Waals surface area contributed by atoms with E-state index in [1.807, 2.05) is 0 Å². The molecule has 0 saturated heterocycles. The molecule has 1 N–H and O–H groups in total. The Bertz CT molecular complexity index is 828. The molecule has 0 atom stereocenters. The highest BCUT2D eigenvalue weighted by atomic mass is 16.7. The smallest absolute Gasteiger partial charge is 0.465 e. The SMILES string of the molecule is COC(=O)Oc1cc([N+](=O)[O-])c(C2=CCN(C(=O)O)CC2)cc1C1CCCC1. The van der Waals surface area contributed by atoms with E-state index in [-0.39, 0.29) is 30.4 Å². The van der Waals surface area contributed by atoms with E-state index >= 15 is 0 Å². The van der Waals surface area contributed by atoms with Crippen LogP contribution in [0.5, 0.6) is 5.75 Å². The third-order valence-electron chi connectivity index (χ3n) is 5.31. The van der Waals surface area contributed by atoms with E-state index in [1.165, 1.54) is 18.1 Å². The lowest BCUT2D eigenvalue weighted by atomic mass is 9.90. The van der Waals surface area contributed by atoms with Crippen molar-refractivity contribution >= 4 is 23.5 Å². The van der Waals surface area contributed by atoms with Crippen molar-refractivity contribution < 1.29 is 29.1 Å². The topological polar surface area (TPSA) is 119 Å². The van der Waals surface area contributed by atoms with Crippen molar-refractivity contribution in [3.8, 4) is 5.75 Å². The number of hydrogen-bond donors (Lipinski definition) is 1. The predicted molar refractivity (Wildman–Crippen MR) is 99.5 cm³/mol. The van der Waals surface area contributed by atoms with Crippen LogP contribution in [0.25, 0.3) is 5.57 Å². The minimum Gasteiger partial charge on any atom is -0.465 e. The van der Waals surface area contributed by atoms with Crippen molar-refractivity contribution in [1.82, 2.24) is 4.90 Å². The Morgan fingerprint density at radius 2 is 2.00 bits per heavy atom. The normalized spacial score (nSPS) is 17.2. The fourth-order valence-corrected chi connectivity index (χ4v) is 3.86. The van der Waals surface area contributed by atoms with Gasteiger partial charge in [0.2, 0.25) is 0 Å². The molecule has 1 saturated carbocycles. The van der Waals surface area contributed by atoms with E-state index in [0.717, 1.165) is 36.8 Å². The van der Waals surface area contributed by atoms with E-state index in [0.29, 0.717) is 12.0 Å². The van der Waals surface area contributed by atoms with Gasteiger partial charge in [-0.15, -0.1) is 0 Å². The molecular formula is C19H22N2O7. The van der Waals surface area contributed by atoms with E-state index < -0.39 is 17.2 Å². The number of hydrogen-bond acceptors (Lipinski definition) is 6. The van der Waals surface area contributed by atoms with Crippen LogP contribution < -0.4 is 4.74 Å². The molecule has 3 rings (SSSR count). The molecule has 0 bridgehead atoms. The molecule has 9 nitrogen and oxygen atoms in total. The van der Waals surface area contributed by atoms with Gasteiger partial charge in [-0.05, 0) is 42.4 Å². The number of carbonyl (C=O) groups is 2. The highest BCUT2D eigenvalue weighted by Crippen LogP contribution is 2.43. The molecule has 9 heteroatoms. The number of benzene rings is 1. The predicted octanol–water partition coefficient (Wildman–Crippen LogP) is 4.16. The molecule has 1 fully saturated rings. The van der Waals surface area contributed by atoms with Gasteiger partial charge in [-0.25, -0.2) is 9.59 Å². The minimum absolute atomic E-state index is 0.151. The lowest BCUT2D eigenvalue weighted by Crippen LogP contribution is -2.33. The summed E-state index contributed by atoms with van der Waals surface area (Å²) in [5.74, 6) is 0.302. The summed E-state index contributed by atoms with van der Waals surface area (Å²) in [6, 6.07) is 3.01. The maximum atomic E-state index is 11.7. The van der Waals surface area contributed by atoms with Crippen LogP contribution in [-0.4, -0.2) is 47.4 Å². The largest absolute Gasteiger partial charge is 0.513 e. The summed E-state index contributed by atoms with van der Waals surface area (Å²) in [4.78, 5) is 35.2. The average Bonchev–Trinajstić information content (AvgIpc) is 3.22. The molecule has 1 aliphatic carbocycles. The molecule has 28 heavy (non-hydrogen) atoms. The third kappa shape index (κ3) is 4.08. The Hall–Kier alpha value is -3.10. The number of carbonyl (C=O) groups excluding carboxylic acids is 1. The molecule has 0 radical (unpaired) electrons. The summed E-state index contributed by atoms with van der Waals surface area (Å²) in [5, 5.41) is 20.8. The Morgan fingerprint density at radius 1 is 1.29 bits per heavy atom. The maximum Gasteiger partial charge on any atom is 0.513 e. The molecule has 150 valence electrons. The first kappa shape index (κ1) is 19.7. The van der Waals surface area contributed by atoms with Crippen molar-refractivity contribution in [2.24, 2.45) is 0 Å². The summed E-state index contributed by atoms with van der Waals surface area (Å²) in [6.07, 6.45) is 4.08. The Balaban J connectivity index is 2.05. The van der Waals surface area contributed by atoms with E-state index in [4.69, 9.17) is 9.84 Å². The summed E-state index contributed by atoms with van der Waals surface area (Å²) in [5.41, 5.74) is 1.77. The van der Waals surface area contributed by atoms with Crippen LogP contribution in [0.2, 0.25) is 0 Å². The summed E-state index contributed by atoms with van der Waals surface area (Å²) >= 11 is 0. The summed E-state index contributed by atoms with van der Waals surface area (Å²) in [7, 11) is 1.18. The highest BCUT2D eigenvalue weighted by molar-refractivity contribution is 5.78. The molecule has 1 aliphatic heterocycles. The fourth-order valence-electron chi connectivity index (χ4n) is 3.86. The third-order valence-corrected chi connectivity index (χ3v) is 5.31. The van der Waals surface area contributed by atoms with Crippen LogP contribution in [0.15, 0.2) is 18.2 Å². The van der Waals surface area contributed by atoms with Gasteiger partial charge < -0.3 is 19.5 Å². The molecule has 1 aromatic rings. The van der Waals surface area contributed by atoms with Gasteiger partial charge >= 0.3 is 12.2 Å². The second kappa shape index (κ2) is 8.28. The molecule has 0 unspecified atom stereocenters. The van der Waals surface area contributed by atoms with Crippen LogP contribution in [0.3, 0.4) is 0 Å². The Labute approximate surface area is 161 Å². The van der Waals surface area contributed by atoms with Gasteiger partial charge in [0.25, 0.3) is 5.69 Å². The average molecular weight is 390 g/mol. The lowest BCUT2D eigenvalue weighted by Gasteiger charge is -2.24. The molecule has 0 spiro atoms. The highest BCUT2D eigenvalue weighted by Gasteiger charge is 2.29. The van der Waals surface area contributed by atoms with Crippen molar-refractivity contribution in [2.75, 3.05) is 20.2 Å². The number of ether oxygens (including phenoxy) is 2. The van der Waals surface area contributed by atoms with Gasteiger partial charge in [0, 0.05) is 13.1 Å². The zero-order valence-corrected chi connectivity index (χ0v) is 15.6. The van der Waals surface area contributed by atoms with Crippen LogP contribution >= 0.6 is 0 Å². The van der Waals surface area contributed by atoms with Gasteiger partial charge in [-0.3, -0.25) is 10.1 Å². The van der Waals surface area contributed by atoms with E-state index in [2.05, 4.69) is 4.74 Å². The molecule has 1 aromatic carbocycles. The number of nitro benzene ring substituents is 1. The maximum absolute atomic E-state index is 11.7. The quantitative estimate of drug-likeness (QED) is 0.355.